The average Bonchev–Trinajstić information content (AvgIpc) is 2.55. The Balaban J connectivity index is 2.76. The summed E-state index contributed by atoms with van der Waals surface area (Å²) in [4.78, 5) is 1.46. The number of aryl methyl sites for hydroxylation is 1. The van der Waals surface area contributed by atoms with E-state index in [1.807, 2.05) is 11.3 Å². The molecule has 2 rings (SSSR count). The maximum atomic E-state index is 3.54. The van der Waals surface area contributed by atoms with Crippen molar-refractivity contribution in [1.82, 2.24) is 0 Å². The summed E-state index contributed by atoms with van der Waals surface area (Å²) in [5, 5.41) is 1.39. The van der Waals surface area contributed by atoms with Crippen LogP contribution in [0.1, 0.15) is 11.8 Å². The number of hydrogen-bond donors (Lipinski definition) is 0. The minimum atomic E-state index is 1.13. The van der Waals surface area contributed by atoms with Crippen molar-refractivity contribution in [3.05, 3.63) is 31.1 Å². The first-order chi connectivity index (χ1) is 6.22. The molecule has 0 radical (unpaired) electrons. The highest BCUT2D eigenvalue weighted by atomic mass is 127. The van der Waals surface area contributed by atoms with E-state index in [2.05, 4.69) is 63.6 Å². The smallest absolute Gasteiger partial charge is 0.0359 e. The largest absolute Gasteiger partial charge is 0.140 e. The van der Waals surface area contributed by atoms with Gasteiger partial charge in [0.2, 0.25) is 0 Å². The van der Waals surface area contributed by atoms with Gasteiger partial charge in [0.25, 0.3) is 0 Å². The molecule has 0 saturated heterocycles. The molecule has 2 aromatic rings. The monoisotopic (exact) mass is 366 g/mol. The summed E-state index contributed by atoms with van der Waals surface area (Å²) in [6.07, 6.45) is 1.13. The van der Waals surface area contributed by atoms with Crippen LogP contribution in [0.3, 0.4) is 0 Å². The fourth-order valence-corrected chi connectivity index (χ4v) is 3.44. The highest BCUT2D eigenvalue weighted by molar-refractivity contribution is 14.1. The Bertz CT molecular complexity index is 447. The molecule has 0 nitrogen and oxygen atoms in total. The summed E-state index contributed by atoms with van der Waals surface area (Å²) < 4.78 is 3.91. The van der Waals surface area contributed by atoms with Gasteiger partial charge in [0, 0.05) is 23.0 Å². The van der Waals surface area contributed by atoms with Crippen LogP contribution in [0.15, 0.2) is 22.7 Å². The molecule has 3 heteroatoms. The Morgan fingerprint density at radius 2 is 2.23 bits per heavy atom. The highest BCUT2D eigenvalue weighted by Crippen LogP contribution is 2.33. The summed E-state index contributed by atoms with van der Waals surface area (Å²) in [5.74, 6) is 0. The third-order valence-electron chi connectivity index (χ3n) is 1.99. The van der Waals surface area contributed by atoms with E-state index in [0.717, 1.165) is 6.42 Å². The van der Waals surface area contributed by atoms with Gasteiger partial charge in [-0.1, -0.05) is 6.92 Å². The standard InChI is InChI=1S/C10H8BrIS/c1-2-6-5-7-9(13-6)4-3-8(11)10(7)12/h3-5H,2H2,1H3. The first-order valence-electron chi connectivity index (χ1n) is 4.08. The third kappa shape index (κ3) is 1.78. The quantitative estimate of drug-likeness (QED) is 0.634. The summed E-state index contributed by atoms with van der Waals surface area (Å²) in [6, 6.07) is 6.61. The normalized spacial score (nSPS) is 11.0. The number of hydrogen-bond acceptors (Lipinski definition) is 1. The van der Waals surface area contributed by atoms with Gasteiger partial charge in [-0.05, 0) is 63.1 Å². The molecule has 0 bridgehead atoms. The Morgan fingerprint density at radius 3 is 2.92 bits per heavy atom. The Kier molecular flexibility index (Phi) is 2.95. The van der Waals surface area contributed by atoms with E-state index in [1.54, 1.807) is 0 Å². The zero-order valence-corrected chi connectivity index (χ0v) is 11.7. The number of thiophene rings is 1. The molecule has 0 aliphatic rings. The van der Waals surface area contributed by atoms with Crippen LogP contribution >= 0.6 is 49.9 Å². The van der Waals surface area contributed by atoms with Crippen molar-refractivity contribution in [2.45, 2.75) is 13.3 Å². The van der Waals surface area contributed by atoms with Crippen molar-refractivity contribution in [1.29, 1.82) is 0 Å². The van der Waals surface area contributed by atoms with Crippen LogP contribution in [0.4, 0.5) is 0 Å². The lowest BCUT2D eigenvalue weighted by molar-refractivity contribution is 1.19. The summed E-state index contributed by atoms with van der Waals surface area (Å²) >= 11 is 7.83. The molecule has 0 amide bonds. The van der Waals surface area contributed by atoms with Gasteiger partial charge in [0.1, 0.15) is 0 Å². The van der Waals surface area contributed by atoms with E-state index >= 15 is 0 Å². The number of rotatable bonds is 1. The van der Waals surface area contributed by atoms with Crippen molar-refractivity contribution in [3.63, 3.8) is 0 Å². The lowest BCUT2D eigenvalue weighted by Gasteiger charge is -1.95. The molecule has 0 aliphatic carbocycles. The summed E-state index contributed by atoms with van der Waals surface area (Å²) in [5.41, 5.74) is 0. The van der Waals surface area contributed by atoms with Gasteiger partial charge >= 0.3 is 0 Å². The first-order valence-corrected chi connectivity index (χ1v) is 6.77. The van der Waals surface area contributed by atoms with Crippen molar-refractivity contribution < 1.29 is 0 Å². The molecule has 0 atom stereocenters. The highest BCUT2D eigenvalue weighted by Gasteiger charge is 2.05. The van der Waals surface area contributed by atoms with E-state index in [0.29, 0.717) is 0 Å². The van der Waals surface area contributed by atoms with Gasteiger partial charge in [0.05, 0.1) is 0 Å². The van der Waals surface area contributed by atoms with Gasteiger partial charge in [-0.2, -0.15) is 0 Å². The predicted molar refractivity (Wildman–Crippen MR) is 71.6 cm³/mol. The molecule has 1 aromatic heterocycles. The molecule has 1 aromatic carbocycles. The van der Waals surface area contributed by atoms with Gasteiger partial charge in [-0.3, -0.25) is 0 Å². The molecule has 0 N–H and O–H groups in total. The second kappa shape index (κ2) is 3.87. The second-order valence-corrected chi connectivity index (χ2v) is 5.94. The van der Waals surface area contributed by atoms with Gasteiger partial charge in [-0.25, -0.2) is 0 Å². The van der Waals surface area contributed by atoms with E-state index in [9.17, 15) is 0 Å². The second-order valence-electron chi connectivity index (χ2n) is 2.84. The number of benzene rings is 1. The predicted octanol–water partition coefficient (Wildman–Crippen LogP) is 4.83. The lowest BCUT2D eigenvalue weighted by Crippen LogP contribution is -1.73. The molecule has 1 heterocycles. The Morgan fingerprint density at radius 1 is 1.46 bits per heavy atom. The fraction of sp³-hybridized carbons (Fsp3) is 0.200. The Hall–Kier alpha value is 0.390. The van der Waals surface area contributed by atoms with Gasteiger partial charge < -0.3 is 0 Å². The molecule has 0 aliphatic heterocycles. The van der Waals surface area contributed by atoms with Gasteiger partial charge in [0.15, 0.2) is 0 Å². The minimum Gasteiger partial charge on any atom is -0.140 e. The van der Waals surface area contributed by atoms with Crippen LogP contribution in [0.5, 0.6) is 0 Å². The van der Waals surface area contributed by atoms with Crippen molar-refractivity contribution >= 4 is 59.9 Å². The first kappa shape index (κ1) is 9.93. The van der Waals surface area contributed by atoms with Crippen LogP contribution in [0, 0.1) is 3.57 Å². The van der Waals surface area contributed by atoms with Crippen LogP contribution in [0.2, 0.25) is 0 Å². The van der Waals surface area contributed by atoms with Crippen molar-refractivity contribution in [3.8, 4) is 0 Å². The van der Waals surface area contributed by atoms with Gasteiger partial charge in [-0.15, -0.1) is 11.3 Å². The molecule has 0 fully saturated rings. The van der Waals surface area contributed by atoms with E-state index in [1.165, 1.54) is 23.0 Å². The summed E-state index contributed by atoms with van der Waals surface area (Å²) in [6.45, 7) is 2.20. The molecular formula is C10H8BrIS. The topological polar surface area (TPSA) is 0 Å². The SMILES string of the molecule is CCc1cc2c(I)c(Br)ccc2s1. The fourth-order valence-electron chi connectivity index (χ4n) is 1.28. The summed E-state index contributed by atoms with van der Waals surface area (Å²) in [7, 11) is 0. The molecule has 13 heavy (non-hydrogen) atoms. The molecule has 0 saturated carbocycles. The third-order valence-corrected chi connectivity index (χ3v) is 5.80. The molecular weight excluding hydrogens is 359 g/mol. The van der Waals surface area contributed by atoms with Crippen molar-refractivity contribution in [2.75, 3.05) is 0 Å². The molecule has 68 valence electrons. The maximum Gasteiger partial charge on any atom is 0.0359 e. The molecule has 0 spiro atoms. The van der Waals surface area contributed by atoms with E-state index < -0.39 is 0 Å². The van der Waals surface area contributed by atoms with Crippen LogP contribution in [-0.4, -0.2) is 0 Å². The van der Waals surface area contributed by atoms with Crippen LogP contribution < -0.4 is 0 Å². The number of fused-ring (bicyclic) bond motifs is 1. The zero-order valence-electron chi connectivity index (χ0n) is 7.10. The zero-order chi connectivity index (χ0) is 9.42. The van der Waals surface area contributed by atoms with Crippen LogP contribution in [-0.2, 0) is 6.42 Å². The van der Waals surface area contributed by atoms with E-state index in [-0.39, 0.29) is 0 Å². The lowest BCUT2D eigenvalue weighted by atomic mass is 10.2. The Labute approximate surface area is 104 Å². The minimum absolute atomic E-state index is 1.13. The average molecular weight is 367 g/mol. The van der Waals surface area contributed by atoms with E-state index in [4.69, 9.17) is 0 Å². The number of halogens is 2. The van der Waals surface area contributed by atoms with Crippen molar-refractivity contribution in [2.24, 2.45) is 0 Å². The molecule has 0 unspecified atom stereocenters. The van der Waals surface area contributed by atoms with Crippen LogP contribution in [0.25, 0.3) is 10.1 Å². The maximum absolute atomic E-state index is 3.54.